The summed E-state index contributed by atoms with van der Waals surface area (Å²) in [7, 11) is -3.57. The van der Waals surface area contributed by atoms with Crippen molar-refractivity contribution in [1.29, 1.82) is 0 Å². The SMILES string of the molecule is O=C(CCc1ccc(S(=O)(=O)NCc2ccccc2)cc1)NC[C@@H]1CCCO1. The molecule has 1 aliphatic heterocycles. The molecule has 1 heterocycles. The number of aryl methyl sites for hydroxylation is 1. The van der Waals surface area contributed by atoms with Gasteiger partial charge in [-0.3, -0.25) is 4.79 Å². The summed E-state index contributed by atoms with van der Waals surface area (Å²) in [4.78, 5) is 12.2. The molecule has 1 atom stereocenters. The molecule has 2 aromatic carbocycles. The molecular weight excluding hydrogens is 376 g/mol. The number of ether oxygens (including phenoxy) is 1. The molecule has 6 nitrogen and oxygen atoms in total. The molecule has 0 spiro atoms. The van der Waals surface area contributed by atoms with E-state index in [1.807, 2.05) is 30.3 Å². The van der Waals surface area contributed by atoms with Crippen molar-refractivity contribution in [1.82, 2.24) is 10.0 Å². The molecule has 0 aliphatic carbocycles. The minimum Gasteiger partial charge on any atom is -0.376 e. The van der Waals surface area contributed by atoms with E-state index in [-0.39, 0.29) is 23.5 Å². The topological polar surface area (TPSA) is 84.5 Å². The van der Waals surface area contributed by atoms with Gasteiger partial charge in [0.2, 0.25) is 15.9 Å². The molecule has 3 rings (SSSR count). The highest BCUT2D eigenvalue weighted by Crippen LogP contribution is 2.13. The number of amides is 1. The highest BCUT2D eigenvalue weighted by atomic mass is 32.2. The first kappa shape index (κ1) is 20.5. The normalized spacial score (nSPS) is 16.8. The lowest BCUT2D eigenvalue weighted by atomic mass is 10.1. The number of hydrogen-bond donors (Lipinski definition) is 2. The predicted molar refractivity (Wildman–Crippen MR) is 107 cm³/mol. The van der Waals surface area contributed by atoms with Crippen molar-refractivity contribution in [2.75, 3.05) is 13.2 Å². The van der Waals surface area contributed by atoms with Crippen LogP contribution in [0.4, 0.5) is 0 Å². The van der Waals surface area contributed by atoms with Gasteiger partial charge in [0.15, 0.2) is 0 Å². The quantitative estimate of drug-likeness (QED) is 0.675. The van der Waals surface area contributed by atoms with Gasteiger partial charge in [0.1, 0.15) is 0 Å². The molecule has 1 aliphatic rings. The fourth-order valence-corrected chi connectivity index (χ4v) is 4.09. The van der Waals surface area contributed by atoms with E-state index < -0.39 is 10.0 Å². The van der Waals surface area contributed by atoms with Crippen molar-refractivity contribution in [3.8, 4) is 0 Å². The van der Waals surface area contributed by atoms with Crippen LogP contribution in [0.15, 0.2) is 59.5 Å². The second kappa shape index (κ2) is 9.82. The first-order valence-corrected chi connectivity index (χ1v) is 11.0. The minimum absolute atomic E-state index is 0.0169. The zero-order chi connectivity index (χ0) is 19.8. The van der Waals surface area contributed by atoms with Gasteiger partial charge in [-0.25, -0.2) is 13.1 Å². The Morgan fingerprint density at radius 2 is 1.79 bits per heavy atom. The van der Waals surface area contributed by atoms with E-state index in [0.29, 0.717) is 19.4 Å². The fraction of sp³-hybridized carbons (Fsp3) is 0.381. The second-order valence-corrected chi connectivity index (χ2v) is 8.66. The fourth-order valence-electron chi connectivity index (χ4n) is 3.07. The van der Waals surface area contributed by atoms with Crippen LogP contribution in [0.25, 0.3) is 0 Å². The maximum Gasteiger partial charge on any atom is 0.240 e. The van der Waals surface area contributed by atoms with E-state index in [9.17, 15) is 13.2 Å². The molecule has 2 N–H and O–H groups in total. The van der Waals surface area contributed by atoms with Gasteiger partial charge in [-0.1, -0.05) is 42.5 Å². The lowest BCUT2D eigenvalue weighted by Gasteiger charge is -2.11. The summed E-state index contributed by atoms with van der Waals surface area (Å²) >= 11 is 0. The molecular formula is C21H26N2O4S. The standard InChI is InChI=1S/C21H26N2O4S/c24-21(22-16-19-7-4-14-27-19)13-10-17-8-11-20(12-9-17)28(25,26)23-15-18-5-2-1-3-6-18/h1-3,5-6,8-9,11-12,19,23H,4,7,10,13-16H2,(H,22,24)/t19-/m0/s1. The monoisotopic (exact) mass is 402 g/mol. The highest BCUT2D eigenvalue weighted by molar-refractivity contribution is 7.89. The smallest absolute Gasteiger partial charge is 0.240 e. The number of rotatable bonds is 9. The van der Waals surface area contributed by atoms with Crippen LogP contribution >= 0.6 is 0 Å². The zero-order valence-corrected chi connectivity index (χ0v) is 16.6. The number of benzene rings is 2. The average molecular weight is 403 g/mol. The van der Waals surface area contributed by atoms with Crippen LogP contribution in [-0.2, 0) is 32.5 Å². The molecule has 2 aromatic rings. The Hall–Kier alpha value is -2.22. The molecule has 28 heavy (non-hydrogen) atoms. The van der Waals surface area contributed by atoms with E-state index >= 15 is 0 Å². The Morgan fingerprint density at radius 1 is 1.04 bits per heavy atom. The summed E-state index contributed by atoms with van der Waals surface area (Å²) in [6, 6.07) is 16.0. The largest absolute Gasteiger partial charge is 0.376 e. The Bertz CT molecular complexity index is 861. The van der Waals surface area contributed by atoms with Crippen molar-refractivity contribution in [2.45, 2.75) is 43.2 Å². The third kappa shape index (κ3) is 6.15. The molecule has 0 bridgehead atoms. The van der Waals surface area contributed by atoms with Crippen molar-refractivity contribution in [3.05, 3.63) is 65.7 Å². The lowest BCUT2D eigenvalue weighted by molar-refractivity contribution is -0.121. The third-order valence-electron chi connectivity index (χ3n) is 4.73. The summed E-state index contributed by atoms with van der Waals surface area (Å²) in [5.74, 6) is -0.0169. The van der Waals surface area contributed by atoms with E-state index in [2.05, 4.69) is 10.0 Å². The number of hydrogen-bond acceptors (Lipinski definition) is 4. The van der Waals surface area contributed by atoms with Crippen molar-refractivity contribution in [3.63, 3.8) is 0 Å². The predicted octanol–water partition coefficient (Wildman–Crippen LogP) is 2.39. The highest BCUT2D eigenvalue weighted by Gasteiger charge is 2.16. The summed E-state index contributed by atoms with van der Waals surface area (Å²) in [6.07, 6.45) is 3.11. The zero-order valence-electron chi connectivity index (χ0n) is 15.8. The van der Waals surface area contributed by atoms with Gasteiger partial charge < -0.3 is 10.1 Å². The molecule has 0 aromatic heterocycles. The van der Waals surface area contributed by atoms with Crippen LogP contribution in [0, 0.1) is 0 Å². The van der Waals surface area contributed by atoms with Gasteiger partial charge in [0, 0.05) is 26.1 Å². The van der Waals surface area contributed by atoms with Gasteiger partial charge in [0.05, 0.1) is 11.0 Å². The molecule has 7 heteroatoms. The van der Waals surface area contributed by atoms with E-state index in [4.69, 9.17) is 4.74 Å². The number of carbonyl (C=O) groups excluding carboxylic acids is 1. The summed E-state index contributed by atoms with van der Waals surface area (Å²) in [6.45, 7) is 1.58. The van der Waals surface area contributed by atoms with Crippen LogP contribution in [0.2, 0.25) is 0 Å². The number of sulfonamides is 1. The van der Waals surface area contributed by atoms with Crippen LogP contribution in [-0.4, -0.2) is 33.6 Å². The molecule has 0 saturated carbocycles. The van der Waals surface area contributed by atoms with E-state index in [0.717, 1.165) is 30.6 Å². The molecule has 1 amide bonds. The Morgan fingerprint density at radius 3 is 2.46 bits per heavy atom. The van der Waals surface area contributed by atoms with E-state index in [1.54, 1.807) is 24.3 Å². The summed E-state index contributed by atoms with van der Waals surface area (Å²) < 4.78 is 32.9. The third-order valence-corrected chi connectivity index (χ3v) is 6.15. The number of carbonyl (C=O) groups is 1. The molecule has 1 fully saturated rings. The first-order chi connectivity index (χ1) is 13.5. The van der Waals surface area contributed by atoms with Crippen molar-refractivity contribution < 1.29 is 17.9 Å². The summed E-state index contributed by atoms with van der Waals surface area (Å²) in [5, 5.41) is 2.89. The second-order valence-electron chi connectivity index (χ2n) is 6.89. The molecule has 1 saturated heterocycles. The molecule has 0 radical (unpaired) electrons. The van der Waals surface area contributed by atoms with Crippen molar-refractivity contribution >= 4 is 15.9 Å². The minimum atomic E-state index is -3.57. The lowest BCUT2D eigenvalue weighted by Crippen LogP contribution is -2.31. The van der Waals surface area contributed by atoms with E-state index in [1.165, 1.54) is 0 Å². The van der Waals surface area contributed by atoms with Crippen LogP contribution in [0.3, 0.4) is 0 Å². The van der Waals surface area contributed by atoms with Gasteiger partial charge in [-0.15, -0.1) is 0 Å². The van der Waals surface area contributed by atoms with Crippen LogP contribution in [0.5, 0.6) is 0 Å². The van der Waals surface area contributed by atoms with Gasteiger partial charge in [0.25, 0.3) is 0 Å². The Kier molecular flexibility index (Phi) is 7.19. The summed E-state index contributed by atoms with van der Waals surface area (Å²) in [5.41, 5.74) is 1.82. The number of nitrogens with one attached hydrogen (secondary N) is 2. The van der Waals surface area contributed by atoms with Crippen LogP contribution < -0.4 is 10.0 Å². The van der Waals surface area contributed by atoms with Gasteiger partial charge >= 0.3 is 0 Å². The maximum absolute atomic E-state index is 12.4. The average Bonchev–Trinajstić information content (AvgIpc) is 3.24. The Labute approximate surface area is 166 Å². The maximum atomic E-state index is 12.4. The molecule has 0 unspecified atom stereocenters. The van der Waals surface area contributed by atoms with Crippen molar-refractivity contribution in [2.24, 2.45) is 0 Å². The first-order valence-electron chi connectivity index (χ1n) is 9.54. The Balaban J connectivity index is 1.46. The molecule has 150 valence electrons. The van der Waals surface area contributed by atoms with Gasteiger partial charge in [-0.05, 0) is 42.5 Å². The van der Waals surface area contributed by atoms with Crippen LogP contribution in [0.1, 0.15) is 30.4 Å². The van der Waals surface area contributed by atoms with Gasteiger partial charge in [-0.2, -0.15) is 0 Å².